The van der Waals surface area contributed by atoms with Crippen LogP contribution in [0.3, 0.4) is 0 Å². The number of hydrogen-bond donors (Lipinski definition) is 1. The second-order valence-electron chi connectivity index (χ2n) is 6.02. The number of carbonyl (C=O) groups is 3. The predicted octanol–water partition coefficient (Wildman–Crippen LogP) is 0.684. The minimum atomic E-state index is -0.642. The van der Waals surface area contributed by atoms with E-state index in [1.54, 1.807) is 11.0 Å². The Morgan fingerprint density at radius 3 is 2.65 bits per heavy atom. The summed E-state index contributed by atoms with van der Waals surface area (Å²) in [5.41, 5.74) is 1.84. The average molecular weight is 360 g/mol. The normalized spacial score (nSPS) is 20.0. The first-order valence-electron chi connectivity index (χ1n) is 8.17. The maximum atomic E-state index is 12.3. The Morgan fingerprint density at radius 1 is 1.23 bits per heavy atom. The van der Waals surface area contributed by atoms with Crippen LogP contribution >= 0.6 is 0 Å². The van der Waals surface area contributed by atoms with Crippen molar-refractivity contribution in [3.8, 4) is 0 Å². The number of nitrogens with one attached hydrogen (secondary N) is 1. The zero-order valence-corrected chi connectivity index (χ0v) is 14.6. The Labute approximate surface area is 150 Å². The number of rotatable bonds is 4. The maximum absolute atomic E-state index is 12.3. The van der Waals surface area contributed by atoms with Gasteiger partial charge >= 0.3 is 11.9 Å². The molecule has 138 valence electrons. The summed E-state index contributed by atoms with van der Waals surface area (Å²) in [4.78, 5) is 37.4. The van der Waals surface area contributed by atoms with Crippen LogP contribution in [0.25, 0.3) is 0 Å². The molecule has 2 heterocycles. The Hall–Kier alpha value is -2.87. The van der Waals surface area contributed by atoms with E-state index in [2.05, 4.69) is 5.32 Å². The van der Waals surface area contributed by atoms with Gasteiger partial charge in [-0.1, -0.05) is 12.1 Å². The highest BCUT2D eigenvalue weighted by Crippen LogP contribution is 2.31. The molecule has 1 saturated heterocycles. The molecule has 1 N–H and O–H groups in total. The van der Waals surface area contributed by atoms with E-state index in [0.29, 0.717) is 18.7 Å². The van der Waals surface area contributed by atoms with Gasteiger partial charge in [0, 0.05) is 24.6 Å². The van der Waals surface area contributed by atoms with Gasteiger partial charge in [-0.3, -0.25) is 4.79 Å². The number of anilines is 1. The fourth-order valence-corrected chi connectivity index (χ4v) is 3.13. The molecule has 2 aliphatic heterocycles. The molecule has 1 aromatic rings. The minimum Gasteiger partial charge on any atom is -0.466 e. The number of carbonyl (C=O) groups excluding carboxylic acids is 3. The number of esters is 2. The lowest BCUT2D eigenvalue weighted by molar-refractivity contribution is -0.140. The van der Waals surface area contributed by atoms with Crippen molar-refractivity contribution in [1.29, 1.82) is 0 Å². The van der Waals surface area contributed by atoms with Crippen LogP contribution in [0.4, 0.5) is 5.69 Å². The molecule has 0 spiro atoms. The first-order valence-corrected chi connectivity index (χ1v) is 8.17. The van der Waals surface area contributed by atoms with Gasteiger partial charge in [-0.05, 0) is 17.7 Å². The number of methoxy groups -OCH3 is 2. The SMILES string of the molecule is COC(=O)C1=C(C(=O)OC)N(c2cccc(C3CNC(=O)C3)c2)COC1. The van der Waals surface area contributed by atoms with Gasteiger partial charge < -0.3 is 24.4 Å². The van der Waals surface area contributed by atoms with E-state index in [-0.39, 0.29) is 36.4 Å². The molecular formula is C18H20N2O6. The fraction of sp³-hybridized carbons (Fsp3) is 0.389. The van der Waals surface area contributed by atoms with Gasteiger partial charge in [0.2, 0.25) is 5.91 Å². The van der Waals surface area contributed by atoms with E-state index >= 15 is 0 Å². The molecule has 8 nitrogen and oxygen atoms in total. The number of nitrogens with zero attached hydrogens (tertiary/aromatic N) is 1. The van der Waals surface area contributed by atoms with Crippen LogP contribution in [0.1, 0.15) is 17.9 Å². The Balaban J connectivity index is 1.99. The lowest BCUT2D eigenvalue weighted by Crippen LogP contribution is -2.38. The molecule has 1 amide bonds. The van der Waals surface area contributed by atoms with Crippen molar-refractivity contribution in [2.24, 2.45) is 0 Å². The maximum Gasteiger partial charge on any atom is 0.355 e. The smallest absolute Gasteiger partial charge is 0.355 e. The molecule has 0 bridgehead atoms. The van der Waals surface area contributed by atoms with Crippen LogP contribution in [0, 0.1) is 0 Å². The zero-order chi connectivity index (χ0) is 18.7. The molecule has 1 atom stereocenters. The molecule has 0 saturated carbocycles. The standard InChI is InChI=1S/C18H20N2O6/c1-24-17(22)14-9-26-10-20(16(14)18(23)25-2)13-5-3-4-11(6-13)12-7-15(21)19-8-12/h3-6,12H,7-10H2,1-2H3,(H,19,21). The largest absolute Gasteiger partial charge is 0.466 e. The molecule has 0 aromatic heterocycles. The highest BCUT2D eigenvalue weighted by Gasteiger charge is 2.33. The summed E-state index contributed by atoms with van der Waals surface area (Å²) in [5, 5.41) is 2.81. The van der Waals surface area contributed by atoms with Gasteiger partial charge in [-0.25, -0.2) is 9.59 Å². The molecule has 0 radical (unpaired) electrons. The lowest BCUT2D eigenvalue weighted by atomic mass is 9.97. The van der Waals surface area contributed by atoms with Gasteiger partial charge in [0.05, 0.1) is 26.4 Å². The fourth-order valence-electron chi connectivity index (χ4n) is 3.13. The van der Waals surface area contributed by atoms with Crippen LogP contribution in [0.15, 0.2) is 35.5 Å². The molecule has 1 aromatic carbocycles. The summed E-state index contributed by atoms with van der Waals surface area (Å²) in [5.74, 6) is -1.20. The van der Waals surface area contributed by atoms with Crippen LogP contribution < -0.4 is 10.2 Å². The highest BCUT2D eigenvalue weighted by atomic mass is 16.5. The molecule has 0 aliphatic carbocycles. The van der Waals surface area contributed by atoms with Gasteiger partial charge in [-0.2, -0.15) is 0 Å². The topological polar surface area (TPSA) is 94.2 Å². The van der Waals surface area contributed by atoms with E-state index in [9.17, 15) is 14.4 Å². The quantitative estimate of drug-likeness (QED) is 0.789. The molecule has 1 fully saturated rings. The molecule has 3 rings (SSSR count). The van der Waals surface area contributed by atoms with Crippen molar-refractivity contribution in [3.63, 3.8) is 0 Å². The highest BCUT2D eigenvalue weighted by molar-refractivity contribution is 6.03. The Morgan fingerprint density at radius 2 is 2.00 bits per heavy atom. The summed E-state index contributed by atoms with van der Waals surface area (Å²) >= 11 is 0. The molecular weight excluding hydrogens is 340 g/mol. The first-order chi connectivity index (χ1) is 12.5. The predicted molar refractivity (Wildman–Crippen MR) is 91.2 cm³/mol. The summed E-state index contributed by atoms with van der Waals surface area (Å²) in [6, 6.07) is 7.47. The van der Waals surface area contributed by atoms with E-state index < -0.39 is 11.9 Å². The number of amides is 1. The monoisotopic (exact) mass is 360 g/mol. The summed E-state index contributed by atoms with van der Waals surface area (Å²) in [6.45, 7) is 0.635. The number of hydrogen-bond acceptors (Lipinski definition) is 7. The van der Waals surface area contributed by atoms with E-state index in [0.717, 1.165) is 5.56 Å². The van der Waals surface area contributed by atoms with Gasteiger partial charge in [0.15, 0.2) is 0 Å². The Bertz CT molecular complexity index is 773. The molecule has 8 heteroatoms. The summed E-state index contributed by atoms with van der Waals surface area (Å²) < 4.78 is 15.1. The number of benzene rings is 1. The van der Waals surface area contributed by atoms with Gasteiger partial charge in [-0.15, -0.1) is 0 Å². The van der Waals surface area contributed by atoms with Crippen molar-refractivity contribution in [3.05, 3.63) is 41.1 Å². The van der Waals surface area contributed by atoms with E-state index in [1.165, 1.54) is 14.2 Å². The van der Waals surface area contributed by atoms with Gasteiger partial charge in [0.25, 0.3) is 0 Å². The Kier molecular flexibility index (Phi) is 5.22. The van der Waals surface area contributed by atoms with Crippen molar-refractivity contribution in [1.82, 2.24) is 5.32 Å². The molecule has 26 heavy (non-hydrogen) atoms. The van der Waals surface area contributed by atoms with Crippen molar-refractivity contribution >= 4 is 23.5 Å². The van der Waals surface area contributed by atoms with Crippen molar-refractivity contribution in [2.75, 3.05) is 39.0 Å². The van der Waals surface area contributed by atoms with Crippen molar-refractivity contribution in [2.45, 2.75) is 12.3 Å². The summed E-state index contributed by atoms with van der Waals surface area (Å²) in [6.07, 6.45) is 0.424. The third-order valence-corrected chi connectivity index (χ3v) is 4.46. The third-order valence-electron chi connectivity index (χ3n) is 4.46. The lowest BCUT2D eigenvalue weighted by Gasteiger charge is -2.31. The van der Waals surface area contributed by atoms with Crippen LogP contribution in [-0.2, 0) is 28.6 Å². The van der Waals surface area contributed by atoms with E-state index in [1.807, 2.05) is 18.2 Å². The minimum absolute atomic E-state index is 0.0184. The first kappa shape index (κ1) is 17.9. The molecule has 1 unspecified atom stereocenters. The zero-order valence-electron chi connectivity index (χ0n) is 14.6. The van der Waals surface area contributed by atoms with Crippen molar-refractivity contribution < 1.29 is 28.6 Å². The second-order valence-corrected chi connectivity index (χ2v) is 6.02. The van der Waals surface area contributed by atoms with Gasteiger partial charge in [0.1, 0.15) is 12.4 Å². The van der Waals surface area contributed by atoms with E-state index in [4.69, 9.17) is 14.2 Å². The van der Waals surface area contributed by atoms with Crippen LogP contribution in [0.5, 0.6) is 0 Å². The van der Waals surface area contributed by atoms with Crippen LogP contribution in [-0.4, -0.2) is 51.9 Å². The molecule has 2 aliphatic rings. The third kappa shape index (κ3) is 3.41. The number of ether oxygens (including phenoxy) is 3. The van der Waals surface area contributed by atoms with Crippen LogP contribution in [0.2, 0.25) is 0 Å². The average Bonchev–Trinajstić information content (AvgIpc) is 3.12. The second kappa shape index (κ2) is 7.57. The summed E-state index contributed by atoms with van der Waals surface area (Å²) in [7, 11) is 2.50.